The topological polar surface area (TPSA) is 21.3 Å². The number of aryl methyl sites for hydroxylation is 1. The van der Waals surface area contributed by atoms with Crippen molar-refractivity contribution < 1.29 is 4.74 Å². The highest BCUT2D eigenvalue weighted by Gasteiger charge is 2.21. The molecule has 2 atom stereocenters. The monoisotopic (exact) mass is 345 g/mol. The van der Waals surface area contributed by atoms with Crippen LogP contribution in [0.3, 0.4) is 0 Å². The fourth-order valence-electron chi connectivity index (χ4n) is 2.41. The third-order valence-corrected chi connectivity index (χ3v) is 4.66. The molecule has 0 heterocycles. The molecule has 0 aliphatic heterocycles. The molecule has 1 aliphatic rings. The third-order valence-electron chi connectivity index (χ3n) is 3.50. The summed E-state index contributed by atoms with van der Waals surface area (Å²) in [4.78, 5) is 0. The summed E-state index contributed by atoms with van der Waals surface area (Å²) >= 11 is 2.39. The summed E-state index contributed by atoms with van der Waals surface area (Å²) in [6.45, 7) is 2.15. The Morgan fingerprint density at radius 3 is 2.88 bits per heavy atom. The van der Waals surface area contributed by atoms with Gasteiger partial charge in [0.1, 0.15) is 0 Å². The van der Waals surface area contributed by atoms with Gasteiger partial charge in [-0.15, -0.1) is 0 Å². The average Bonchev–Trinajstić information content (AvgIpc) is 2.34. The van der Waals surface area contributed by atoms with Gasteiger partial charge in [0.05, 0.1) is 6.10 Å². The first-order valence-corrected chi connectivity index (χ1v) is 7.32. The van der Waals surface area contributed by atoms with Crippen molar-refractivity contribution in [1.29, 1.82) is 0 Å². The first-order valence-electron chi connectivity index (χ1n) is 6.24. The fraction of sp³-hybridized carbons (Fsp3) is 0.571. The van der Waals surface area contributed by atoms with Crippen molar-refractivity contribution in [2.45, 2.75) is 44.8 Å². The number of hydrogen-bond donors (Lipinski definition) is 1. The van der Waals surface area contributed by atoms with E-state index in [1.807, 2.05) is 7.11 Å². The maximum atomic E-state index is 5.46. The van der Waals surface area contributed by atoms with E-state index in [9.17, 15) is 0 Å². The lowest BCUT2D eigenvalue weighted by Crippen LogP contribution is -2.31. The lowest BCUT2D eigenvalue weighted by atomic mass is 9.92. The molecule has 94 valence electrons. The average molecular weight is 345 g/mol. The second-order valence-electron chi connectivity index (χ2n) is 4.83. The number of rotatable bonds is 3. The molecule has 2 unspecified atom stereocenters. The van der Waals surface area contributed by atoms with Crippen LogP contribution in [0.4, 0.5) is 5.69 Å². The molecule has 0 amide bonds. The van der Waals surface area contributed by atoms with E-state index >= 15 is 0 Å². The van der Waals surface area contributed by atoms with E-state index < -0.39 is 0 Å². The molecule has 1 saturated carbocycles. The van der Waals surface area contributed by atoms with Gasteiger partial charge in [-0.25, -0.2) is 0 Å². The quantitative estimate of drug-likeness (QED) is 0.837. The van der Waals surface area contributed by atoms with E-state index in [0.29, 0.717) is 12.1 Å². The van der Waals surface area contributed by atoms with Crippen LogP contribution in [0.15, 0.2) is 18.2 Å². The highest BCUT2D eigenvalue weighted by Crippen LogP contribution is 2.25. The summed E-state index contributed by atoms with van der Waals surface area (Å²) in [6.07, 6.45) is 5.29. The van der Waals surface area contributed by atoms with Gasteiger partial charge in [0.2, 0.25) is 0 Å². The Hall–Kier alpha value is -0.290. The molecule has 2 nitrogen and oxygen atoms in total. The molecule has 1 fully saturated rings. The lowest BCUT2D eigenvalue weighted by molar-refractivity contribution is 0.0669. The molecule has 2 rings (SSSR count). The Labute approximate surface area is 117 Å². The molecule has 0 bridgehead atoms. The zero-order valence-corrected chi connectivity index (χ0v) is 12.7. The van der Waals surface area contributed by atoms with E-state index in [2.05, 4.69) is 53.0 Å². The van der Waals surface area contributed by atoms with Crippen molar-refractivity contribution in [3.63, 3.8) is 0 Å². The summed E-state index contributed by atoms with van der Waals surface area (Å²) in [5, 5.41) is 3.63. The molecule has 0 saturated heterocycles. The van der Waals surface area contributed by atoms with Gasteiger partial charge >= 0.3 is 0 Å². The molecule has 3 heteroatoms. The Morgan fingerprint density at radius 2 is 2.18 bits per heavy atom. The molecule has 1 N–H and O–H groups in total. The molecular formula is C14H20INO. The van der Waals surface area contributed by atoms with Gasteiger partial charge in [-0.2, -0.15) is 0 Å². The van der Waals surface area contributed by atoms with Crippen LogP contribution < -0.4 is 5.32 Å². The maximum Gasteiger partial charge on any atom is 0.0590 e. The predicted molar refractivity (Wildman–Crippen MR) is 80.6 cm³/mol. The van der Waals surface area contributed by atoms with Gasteiger partial charge in [0.15, 0.2) is 0 Å². The number of halogens is 1. The Bertz CT molecular complexity index is 380. The summed E-state index contributed by atoms with van der Waals surface area (Å²) in [7, 11) is 1.82. The predicted octanol–water partition coefficient (Wildman–Crippen LogP) is 3.97. The van der Waals surface area contributed by atoms with Crippen molar-refractivity contribution >= 4 is 28.3 Å². The largest absolute Gasteiger partial charge is 0.382 e. The first-order chi connectivity index (χ1) is 8.19. The lowest BCUT2D eigenvalue weighted by Gasteiger charge is -2.29. The van der Waals surface area contributed by atoms with Crippen LogP contribution in [0.1, 0.15) is 31.2 Å². The number of anilines is 1. The summed E-state index contributed by atoms with van der Waals surface area (Å²) in [5.41, 5.74) is 2.58. The van der Waals surface area contributed by atoms with Crippen molar-refractivity contribution in [1.82, 2.24) is 0 Å². The maximum absolute atomic E-state index is 5.46. The molecule has 1 aliphatic carbocycles. The molecule has 0 aromatic heterocycles. The Morgan fingerprint density at radius 1 is 1.35 bits per heavy atom. The number of benzene rings is 1. The van der Waals surface area contributed by atoms with Crippen molar-refractivity contribution in [2.75, 3.05) is 12.4 Å². The van der Waals surface area contributed by atoms with Gasteiger partial charge in [-0.3, -0.25) is 0 Å². The Kier molecular flexibility index (Phi) is 4.68. The van der Waals surface area contributed by atoms with Gasteiger partial charge in [-0.05, 0) is 72.9 Å². The van der Waals surface area contributed by atoms with E-state index in [0.717, 1.165) is 6.42 Å². The second kappa shape index (κ2) is 6.05. The number of hydrogen-bond acceptors (Lipinski definition) is 2. The van der Waals surface area contributed by atoms with Crippen LogP contribution in [0, 0.1) is 10.5 Å². The zero-order valence-electron chi connectivity index (χ0n) is 10.5. The van der Waals surface area contributed by atoms with Crippen LogP contribution in [0.25, 0.3) is 0 Å². The van der Waals surface area contributed by atoms with Gasteiger partial charge < -0.3 is 10.1 Å². The highest BCUT2D eigenvalue weighted by atomic mass is 127. The second-order valence-corrected chi connectivity index (χ2v) is 5.99. The van der Waals surface area contributed by atoms with Crippen LogP contribution in [0.2, 0.25) is 0 Å². The van der Waals surface area contributed by atoms with E-state index in [1.54, 1.807) is 0 Å². The fourth-order valence-corrected chi connectivity index (χ4v) is 2.92. The van der Waals surface area contributed by atoms with Gasteiger partial charge in [-0.1, -0.05) is 6.07 Å². The van der Waals surface area contributed by atoms with E-state index in [4.69, 9.17) is 4.74 Å². The summed E-state index contributed by atoms with van der Waals surface area (Å²) in [6, 6.07) is 7.15. The molecule has 0 spiro atoms. The zero-order chi connectivity index (χ0) is 12.3. The summed E-state index contributed by atoms with van der Waals surface area (Å²) in [5.74, 6) is 0. The standard InChI is InChI=1S/C14H20INO/c1-10-6-7-12(9-14(10)15)16-11-4-3-5-13(8-11)17-2/h6-7,9,11,13,16H,3-5,8H2,1-2H3. The molecule has 17 heavy (non-hydrogen) atoms. The van der Waals surface area contributed by atoms with Crippen LogP contribution in [-0.2, 0) is 4.74 Å². The van der Waals surface area contributed by atoms with Crippen LogP contribution in [0.5, 0.6) is 0 Å². The normalized spacial score (nSPS) is 24.6. The third kappa shape index (κ3) is 3.58. The van der Waals surface area contributed by atoms with E-state index in [1.165, 1.54) is 34.1 Å². The molecule has 0 radical (unpaired) electrons. The minimum Gasteiger partial charge on any atom is -0.382 e. The Balaban J connectivity index is 1.97. The van der Waals surface area contributed by atoms with E-state index in [-0.39, 0.29) is 0 Å². The highest BCUT2D eigenvalue weighted by molar-refractivity contribution is 14.1. The van der Waals surface area contributed by atoms with Crippen molar-refractivity contribution in [3.05, 3.63) is 27.3 Å². The summed E-state index contributed by atoms with van der Waals surface area (Å²) < 4.78 is 6.79. The van der Waals surface area contributed by atoms with Crippen LogP contribution >= 0.6 is 22.6 Å². The molecule has 1 aromatic rings. The SMILES string of the molecule is COC1CCCC(Nc2ccc(C)c(I)c2)C1. The minimum atomic E-state index is 0.436. The molecule has 1 aromatic carbocycles. The number of ether oxygens (including phenoxy) is 1. The number of methoxy groups -OCH3 is 1. The van der Waals surface area contributed by atoms with Crippen LogP contribution in [-0.4, -0.2) is 19.3 Å². The minimum absolute atomic E-state index is 0.436. The first kappa shape index (κ1) is 13.1. The van der Waals surface area contributed by atoms with Crippen molar-refractivity contribution in [2.24, 2.45) is 0 Å². The number of nitrogens with one attached hydrogen (secondary N) is 1. The van der Waals surface area contributed by atoms with Gasteiger partial charge in [0.25, 0.3) is 0 Å². The van der Waals surface area contributed by atoms with Crippen molar-refractivity contribution in [3.8, 4) is 0 Å². The smallest absolute Gasteiger partial charge is 0.0590 e. The molecular weight excluding hydrogens is 325 g/mol. The van der Waals surface area contributed by atoms with Gasteiger partial charge in [0, 0.05) is 22.4 Å².